The molecule has 0 bridgehead atoms. The first-order valence-electron chi connectivity index (χ1n) is 6.61. The van der Waals surface area contributed by atoms with E-state index in [1.54, 1.807) is 0 Å². The second-order valence-corrected chi connectivity index (χ2v) is 6.32. The lowest BCUT2D eigenvalue weighted by Gasteiger charge is -2.44. The van der Waals surface area contributed by atoms with Crippen LogP contribution in [0.3, 0.4) is 0 Å². The lowest BCUT2D eigenvalue weighted by atomic mass is 9.87. The van der Waals surface area contributed by atoms with E-state index in [9.17, 15) is 0 Å². The fourth-order valence-electron chi connectivity index (χ4n) is 2.46. The summed E-state index contributed by atoms with van der Waals surface area (Å²) in [7, 11) is 0. The molecule has 3 N–H and O–H groups in total. The lowest BCUT2D eigenvalue weighted by molar-refractivity contribution is 0.0102. The predicted octanol–water partition coefficient (Wildman–Crippen LogP) is 2.13. The molecule has 0 aliphatic carbocycles. The molecule has 3 heteroatoms. The van der Waals surface area contributed by atoms with Crippen LogP contribution in [0, 0.1) is 5.41 Å². The van der Waals surface area contributed by atoms with Crippen LogP contribution in [0.4, 0.5) is 0 Å². The van der Waals surface area contributed by atoms with E-state index in [0.29, 0.717) is 24.7 Å². The maximum Gasteiger partial charge on any atom is 0.0386 e. The molecule has 96 valence electrons. The molecule has 0 saturated carbocycles. The normalized spacial score (nSPS) is 30.4. The molecule has 0 aromatic carbocycles. The van der Waals surface area contributed by atoms with Crippen molar-refractivity contribution in [2.45, 2.75) is 72.0 Å². The van der Waals surface area contributed by atoms with Gasteiger partial charge in [-0.3, -0.25) is 0 Å². The van der Waals surface area contributed by atoms with Crippen molar-refractivity contribution >= 4 is 0 Å². The van der Waals surface area contributed by atoms with Crippen LogP contribution >= 0.6 is 0 Å². The van der Waals surface area contributed by atoms with Crippen LogP contribution < -0.4 is 11.2 Å². The molecule has 1 fully saturated rings. The van der Waals surface area contributed by atoms with E-state index in [1.165, 1.54) is 19.3 Å². The van der Waals surface area contributed by atoms with E-state index in [4.69, 9.17) is 5.73 Å². The largest absolute Gasteiger partial charge is 0.329 e. The minimum atomic E-state index is 0.214. The highest BCUT2D eigenvalue weighted by molar-refractivity contribution is 4.84. The number of nitrogens with two attached hydrogens (primary N) is 1. The minimum Gasteiger partial charge on any atom is -0.329 e. The summed E-state index contributed by atoms with van der Waals surface area (Å²) >= 11 is 0. The van der Waals surface area contributed by atoms with Gasteiger partial charge >= 0.3 is 0 Å². The fraction of sp³-hybridized carbons (Fsp3) is 1.00. The molecule has 1 rings (SSSR count). The van der Waals surface area contributed by atoms with Gasteiger partial charge in [-0.15, -0.1) is 0 Å². The van der Waals surface area contributed by atoms with Gasteiger partial charge in [0.05, 0.1) is 0 Å². The number of nitrogens with zero attached hydrogens (tertiary/aromatic N) is 1. The summed E-state index contributed by atoms with van der Waals surface area (Å²) in [6, 6.07) is 1.61. The van der Waals surface area contributed by atoms with Gasteiger partial charge in [0.25, 0.3) is 0 Å². The van der Waals surface area contributed by atoms with Gasteiger partial charge in [0.1, 0.15) is 0 Å². The van der Waals surface area contributed by atoms with Gasteiger partial charge in [0.2, 0.25) is 0 Å². The van der Waals surface area contributed by atoms with E-state index in [1.807, 2.05) is 0 Å². The molecule has 1 saturated heterocycles. The lowest BCUT2D eigenvalue weighted by Crippen LogP contribution is -2.60. The second-order valence-electron chi connectivity index (χ2n) is 6.32. The fourth-order valence-corrected chi connectivity index (χ4v) is 2.46. The standard InChI is InChI=1S/C13H29N3/c1-10-7-6-8-11(2)16(10)15-12(9-14)13(3,4)5/h10-12,15H,6-9,14H2,1-5H3. The summed E-state index contributed by atoms with van der Waals surface area (Å²) in [6.45, 7) is 12.0. The zero-order chi connectivity index (χ0) is 12.3. The van der Waals surface area contributed by atoms with Gasteiger partial charge in [0, 0.05) is 24.7 Å². The molecule has 16 heavy (non-hydrogen) atoms. The quantitative estimate of drug-likeness (QED) is 0.776. The van der Waals surface area contributed by atoms with Crippen LogP contribution in [0.25, 0.3) is 0 Å². The molecule has 1 heterocycles. The van der Waals surface area contributed by atoms with Crippen LogP contribution in [0.1, 0.15) is 53.9 Å². The highest BCUT2D eigenvalue weighted by Crippen LogP contribution is 2.24. The van der Waals surface area contributed by atoms with Crippen molar-refractivity contribution in [1.82, 2.24) is 10.4 Å². The molecule has 3 nitrogen and oxygen atoms in total. The van der Waals surface area contributed by atoms with Crippen LogP contribution in [0.15, 0.2) is 0 Å². The van der Waals surface area contributed by atoms with Crippen molar-refractivity contribution in [3.63, 3.8) is 0 Å². The molecule has 0 aromatic rings. The second kappa shape index (κ2) is 5.48. The predicted molar refractivity (Wildman–Crippen MR) is 70.0 cm³/mol. The summed E-state index contributed by atoms with van der Waals surface area (Å²) < 4.78 is 0. The van der Waals surface area contributed by atoms with Gasteiger partial charge < -0.3 is 5.73 Å². The Balaban J connectivity index is 2.62. The number of rotatable bonds is 3. The van der Waals surface area contributed by atoms with Crippen LogP contribution in [0.5, 0.6) is 0 Å². The SMILES string of the molecule is CC1CCCC(C)N1NC(CN)C(C)(C)C. The van der Waals surface area contributed by atoms with Crippen molar-refractivity contribution in [2.24, 2.45) is 11.1 Å². The van der Waals surface area contributed by atoms with E-state index >= 15 is 0 Å². The number of hydrogen-bond donors (Lipinski definition) is 2. The third kappa shape index (κ3) is 3.44. The molecule has 0 spiro atoms. The smallest absolute Gasteiger partial charge is 0.0386 e. The maximum absolute atomic E-state index is 5.88. The van der Waals surface area contributed by atoms with Gasteiger partial charge in [-0.1, -0.05) is 27.2 Å². The van der Waals surface area contributed by atoms with E-state index in [2.05, 4.69) is 45.1 Å². The summed E-state index contributed by atoms with van der Waals surface area (Å²) in [4.78, 5) is 0. The number of hydrogen-bond acceptors (Lipinski definition) is 3. The molecular formula is C13H29N3. The van der Waals surface area contributed by atoms with Gasteiger partial charge in [-0.25, -0.2) is 10.4 Å². The zero-order valence-electron chi connectivity index (χ0n) is 11.6. The number of hydrazine groups is 1. The summed E-state index contributed by atoms with van der Waals surface area (Å²) in [5.41, 5.74) is 9.75. The molecule has 0 aromatic heterocycles. The molecule has 1 aliphatic rings. The van der Waals surface area contributed by atoms with Gasteiger partial charge in [0.15, 0.2) is 0 Å². The van der Waals surface area contributed by atoms with Crippen molar-refractivity contribution < 1.29 is 0 Å². The number of nitrogens with one attached hydrogen (secondary N) is 1. The molecule has 0 radical (unpaired) electrons. The monoisotopic (exact) mass is 227 g/mol. The summed E-state index contributed by atoms with van der Waals surface area (Å²) in [6.07, 6.45) is 3.93. The maximum atomic E-state index is 5.88. The first-order chi connectivity index (χ1) is 7.36. The van der Waals surface area contributed by atoms with Crippen molar-refractivity contribution in [3.05, 3.63) is 0 Å². The third-order valence-electron chi connectivity index (χ3n) is 3.78. The highest BCUT2D eigenvalue weighted by atomic mass is 15.5. The Kier molecular flexibility index (Phi) is 4.77. The van der Waals surface area contributed by atoms with Crippen LogP contribution in [-0.4, -0.2) is 29.7 Å². The molecule has 3 unspecified atom stereocenters. The van der Waals surface area contributed by atoms with Crippen LogP contribution in [-0.2, 0) is 0 Å². The molecule has 3 atom stereocenters. The first kappa shape index (κ1) is 13.9. The van der Waals surface area contributed by atoms with E-state index in [-0.39, 0.29) is 5.41 Å². The number of piperidine rings is 1. The third-order valence-corrected chi connectivity index (χ3v) is 3.78. The van der Waals surface area contributed by atoms with Gasteiger partial charge in [-0.2, -0.15) is 0 Å². The Morgan fingerprint density at radius 1 is 1.25 bits per heavy atom. The van der Waals surface area contributed by atoms with Crippen LogP contribution in [0.2, 0.25) is 0 Å². The average Bonchev–Trinajstić information content (AvgIpc) is 2.15. The zero-order valence-corrected chi connectivity index (χ0v) is 11.6. The Morgan fingerprint density at radius 3 is 2.12 bits per heavy atom. The summed E-state index contributed by atoms with van der Waals surface area (Å²) in [5.74, 6) is 0. The van der Waals surface area contributed by atoms with Gasteiger partial charge in [-0.05, 0) is 32.1 Å². The topological polar surface area (TPSA) is 41.3 Å². The Labute approximate surface area is 101 Å². The Bertz CT molecular complexity index is 200. The Hall–Kier alpha value is -0.120. The average molecular weight is 227 g/mol. The first-order valence-corrected chi connectivity index (χ1v) is 6.61. The van der Waals surface area contributed by atoms with Crippen molar-refractivity contribution in [2.75, 3.05) is 6.54 Å². The minimum absolute atomic E-state index is 0.214. The Morgan fingerprint density at radius 2 is 1.75 bits per heavy atom. The highest BCUT2D eigenvalue weighted by Gasteiger charge is 2.30. The van der Waals surface area contributed by atoms with Crippen molar-refractivity contribution in [3.8, 4) is 0 Å². The molecular weight excluding hydrogens is 198 g/mol. The molecule has 0 amide bonds. The van der Waals surface area contributed by atoms with Crippen molar-refractivity contribution in [1.29, 1.82) is 0 Å². The van der Waals surface area contributed by atoms with E-state index in [0.717, 1.165) is 0 Å². The summed E-state index contributed by atoms with van der Waals surface area (Å²) in [5, 5.41) is 2.42. The molecule has 1 aliphatic heterocycles. The van der Waals surface area contributed by atoms with E-state index < -0.39 is 0 Å².